The molecule has 1 aromatic carbocycles. The zero-order valence-electron chi connectivity index (χ0n) is 19.5. The summed E-state index contributed by atoms with van der Waals surface area (Å²) < 4.78 is 38.6. The van der Waals surface area contributed by atoms with E-state index in [1.54, 1.807) is 6.20 Å². The minimum atomic E-state index is -3.67. The van der Waals surface area contributed by atoms with Crippen molar-refractivity contribution in [3.63, 3.8) is 0 Å². The summed E-state index contributed by atoms with van der Waals surface area (Å²) >= 11 is 0. The highest BCUT2D eigenvalue weighted by molar-refractivity contribution is 7.89. The van der Waals surface area contributed by atoms with Crippen molar-refractivity contribution in [2.24, 2.45) is 0 Å². The molecule has 4 rings (SSSR count). The number of nitrogens with zero attached hydrogens (tertiary/aromatic N) is 3. The van der Waals surface area contributed by atoms with Crippen LogP contribution in [0.4, 0.5) is 5.82 Å². The molecule has 0 saturated carbocycles. The quantitative estimate of drug-likeness (QED) is 0.639. The van der Waals surface area contributed by atoms with Gasteiger partial charge in [0.15, 0.2) is 0 Å². The lowest BCUT2D eigenvalue weighted by molar-refractivity contribution is 0.0947. The molecule has 0 unspecified atom stereocenters. The van der Waals surface area contributed by atoms with Crippen LogP contribution in [-0.4, -0.2) is 70.1 Å². The summed E-state index contributed by atoms with van der Waals surface area (Å²) in [5.41, 5.74) is 1.04. The first kappa shape index (κ1) is 24.4. The number of ether oxygens (including phenoxy) is 2. The molecule has 2 aromatic rings. The third-order valence-corrected chi connectivity index (χ3v) is 8.11. The Bertz CT molecular complexity index is 1080. The second-order valence-electron chi connectivity index (χ2n) is 8.49. The summed E-state index contributed by atoms with van der Waals surface area (Å²) in [6.45, 7) is 4.26. The van der Waals surface area contributed by atoms with Gasteiger partial charge in [-0.1, -0.05) is 18.9 Å². The highest BCUT2D eigenvalue weighted by Crippen LogP contribution is 2.26. The molecule has 2 aliphatic rings. The first-order valence-corrected chi connectivity index (χ1v) is 13.2. The van der Waals surface area contributed by atoms with Crippen molar-refractivity contribution in [2.45, 2.75) is 37.1 Å². The molecule has 1 aromatic heterocycles. The summed E-state index contributed by atoms with van der Waals surface area (Å²) in [5, 5.41) is 2.86. The number of benzene rings is 1. The van der Waals surface area contributed by atoms with E-state index in [4.69, 9.17) is 9.47 Å². The third kappa shape index (κ3) is 5.68. The number of sulfonamides is 1. The average Bonchev–Trinajstić information content (AvgIpc) is 3.18. The van der Waals surface area contributed by atoms with Gasteiger partial charge in [0.2, 0.25) is 10.0 Å². The minimum absolute atomic E-state index is 0.108. The van der Waals surface area contributed by atoms with E-state index < -0.39 is 15.9 Å². The van der Waals surface area contributed by atoms with Crippen LogP contribution in [0.25, 0.3) is 0 Å². The van der Waals surface area contributed by atoms with Gasteiger partial charge in [0.1, 0.15) is 11.6 Å². The van der Waals surface area contributed by atoms with Crippen molar-refractivity contribution in [3.05, 3.63) is 47.7 Å². The van der Waals surface area contributed by atoms with E-state index in [1.165, 1.54) is 29.6 Å². The van der Waals surface area contributed by atoms with Crippen molar-refractivity contribution >= 4 is 21.7 Å². The molecule has 1 amide bonds. The Morgan fingerprint density at radius 3 is 2.44 bits per heavy atom. The molecule has 0 spiro atoms. The van der Waals surface area contributed by atoms with Crippen molar-refractivity contribution < 1.29 is 22.7 Å². The second kappa shape index (κ2) is 11.2. The summed E-state index contributed by atoms with van der Waals surface area (Å²) in [6.07, 6.45) is 5.50. The number of carbonyl (C=O) groups excluding carboxylic acids is 1. The number of morpholine rings is 1. The number of amides is 1. The summed E-state index contributed by atoms with van der Waals surface area (Å²) in [5.74, 6) is 0.807. The standard InChI is InChI=1S/C24H32N4O5S/c1-32-22-8-7-20(34(30,31)28-10-4-2-3-5-11-28)16-21(22)24(29)26-18-19-6-9-23(25-17-19)27-12-14-33-15-13-27/h6-9,16-17H,2-5,10-15,18H2,1H3,(H,26,29). The molecule has 10 heteroatoms. The fraction of sp³-hybridized carbons (Fsp3) is 0.500. The second-order valence-corrected chi connectivity index (χ2v) is 10.4. The lowest BCUT2D eigenvalue weighted by Crippen LogP contribution is -2.36. The normalized spacial score (nSPS) is 17.7. The van der Waals surface area contributed by atoms with E-state index >= 15 is 0 Å². The predicted octanol–water partition coefficient (Wildman–Crippen LogP) is 2.42. The summed E-state index contributed by atoms with van der Waals surface area (Å²) in [4.78, 5) is 19.8. The molecule has 0 aliphatic carbocycles. The topological polar surface area (TPSA) is 101 Å². The van der Waals surface area contributed by atoms with Gasteiger partial charge >= 0.3 is 0 Å². The molecule has 2 fully saturated rings. The Hall–Kier alpha value is -2.69. The molecule has 0 atom stereocenters. The fourth-order valence-electron chi connectivity index (χ4n) is 4.23. The number of rotatable bonds is 7. The number of hydrogen-bond donors (Lipinski definition) is 1. The lowest BCUT2D eigenvalue weighted by Gasteiger charge is -2.27. The van der Waals surface area contributed by atoms with Crippen LogP contribution in [0, 0.1) is 0 Å². The zero-order chi connectivity index (χ0) is 24.0. The molecular weight excluding hydrogens is 456 g/mol. The molecule has 2 aliphatic heterocycles. The highest BCUT2D eigenvalue weighted by Gasteiger charge is 2.27. The number of aromatic nitrogens is 1. The molecule has 2 saturated heterocycles. The van der Waals surface area contributed by atoms with Crippen molar-refractivity contribution in [3.8, 4) is 5.75 Å². The smallest absolute Gasteiger partial charge is 0.255 e. The average molecular weight is 489 g/mol. The molecule has 184 valence electrons. The molecule has 0 radical (unpaired) electrons. The van der Waals surface area contributed by atoms with Crippen molar-refractivity contribution in [1.29, 1.82) is 0 Å². The van der Waals surface area contributed by atoms with Gasteiger partial charge in [0, 0.05) is 38.9 Å². The summed E-state index contributed by atoms with van der Waals surface area (Å²) in [7, 11) is -2.21. The Morgan fingerprint density at radius 2 is 1.79 bits per heavy atom. The van der Waals surface area contributed by atoms with Crippen LogP contribution in [0.2, 0.25) is 0 Å². The Morgan fingerprint density at radius 1 is 1.06 bits per heavy atom. The highest BCUT2D eigenvalue weighted by atomic mass is 32.2. The molecule has 9 nitrogen and oxygen atoms in total. The van der Waals surface area contributed by atoms with Crippen LogP contribution in [0.5, 0.6) is 5.75 Å². The van der Waals surface area contributed by atoms with Gasteiger partial charge in [0.05, 0.1) is 30.8 Å². The van der Waals surface area contributed by atoms with Crippen LogP contribution >= 0.6 is 0 Å². The summed E-state index contributed by atoms with van der Waals surface area (Å²) in [6, 6.07) is 8.31. The van der Waals surface area contributed by atoms with E-state index in [0.29, 0.717) is 32.1 Å². The Labute approximate surface area is 201 Å². The number of nitrogens with one attached hydrogen (secondary N) is 1. The van der Waals surface area contributed by atoms with Crippen LogP contribution in [0.1, 0.15) is 41.6 Å². The van der Waals surface area contributed by atoms with Gasteiger partial charge in [-0.3, -0.25) is 4.79 Å². The predicted molar refractivity (Wildman–Crippen MR) is 129 cm³/mol. The largest absolute Gasteiger partial charge is 0.496 e. The molecular formula is C24H32N4O5S. The van der Waals surface area contributed by atoms with Gasteiger partial charge in [-0.2, -0.15) is 4.31 Å². The van der Waals surface area contributed by atoms with Crippen LogP contribution < -0.4 is 15.0 Å². The Balaban J connectivity index is 1.45. The lowest BCUT2D eigenvalue weighted by atomic mass is 10.2. The SMILES string of the molecule is COc1ccc(S(=O)(=O)N2CCCCCC2)cc1C(=O)NCc1ccc(N2CCOCC2)nc1. The number of anilines is 1. The Kier molecular flexibility index (Phi) is 8.02. The molecule has 0 bridgehead atoms. The number of pyridine rings is 1. The fourth-order valence-corrected chi connectivity index (χ4v) is 5.78. The zero-order valence-corrected chi connectivity index (χ0v) is 20.3. The number of hydrogen-bond acceptors (Lipinski definition) is 7. The third-order valence-electron chi connectivity index (χ3n) is 6.22. The van der Waals surface area contributed by atoms with Crippen molar-refractivity contribution in [1.82, 2.24) is 14.6 Å². The first-order valence-electron chi connectivity index (χ1n) is 11.7. The van der Waals surface area contributed by atoms with Gasteiger partial charge in [0.25, 0.3) is 5.91 Å². The van der Waals surface area contributed by atoms with Gasteiger partial charge < -0.3 is 19.7 Å². The van der Waals surface area contributed by atoms with Crippen molar-refractivity contribution in [2.75, 3.05) is 51.4 Å². The van der Waals surface area contributed by atoms with E-state index in [0.717, 1.165) is 50.2 Å². The maximum absolute atomic E-state index is 13.2. The van der Waals surface area contributed by atoms with E-state index in [-0.39, 0.29) is 17.0 Å². The van der Waals surface area contributed by atoms with Crippen LogP contribution in [0.3, 0.4) is 0 Å². The molecule has 34 heavy (non-hydrogen) atoms. The molecule has 1 N–H and O–H groups in total. The van der Waals surface area contributed by atoms with E-state index in [2.05, 4.69) is 15.2 Å². The van der Waals surface area contributed by atoms with E-state index in [9.17, 15) is 13.2 Å². The van der Waals surface area contributed by atoms with E-state index in [1.807, 2.05) is 12.1 Å². The number of carbonyl (C=O) groups is 1. The van der Waals surface area contributed by atoms with Crippen LogP contribution in [-0.2, 0) is 21.3 Å². The maximum atomic E-state index is 13.2. The minimum Gasteiger partial charge on any atom is -0.496 e. The van der Waals surface area contributed by atoms with Crippen LogP contribution in [0.15, 0.2) is 41.4 Å². The molecule has 3 heterocycles. The number of methoxy groups -OCH3 is 1. The van der Waals surface area contributed by atoms with Gasteiger partial charge in [-0.05, 0) is 42.7 Å². The monoisotopic (exact) mass is 488 g/mol. The van der Waals surface area contributed by atoms with Gasteiger partial charge in [-0.25, -0.2) is 13.4 Å². The van der Waals surface area contributed by atoms with Gasteiger partial charge in [-0.15, -0.1) is 0 Å². The first-order chi connectivity index (χ1) is 16.5. The maximum Gasteiger partial charge on any atom is 0.255 e.